The molecule has 0 atom stereocenters. The molecule has 0 bridgehead atoms. The molecule has 21 heavy (non-hydrogen) atoms. The van der Waals surface area contributed by atoms with Crippen LogP contribution >= 0.6 is 0 Å². The van der Waals surface area contributed by atoms with E-state index in [2.05, 4.69) is 25.1 Å². The number of aromatic nitrogens is 5. The third-order valence-electron chi connectivity index (χ3n) is 3.31. The molecular formula is C15H11N5O. The summed E-state index contributed by atoms with van der Waals surface area (Å²) < 4.78 is 0. The van der Waals surface area contributed by atoms with E-state index in [0.29, 0.717) is 17.2 Å². The van der Waals surface area contributed by atoms with Gasteiger partial charge in [-0.2, -0.15) is 5.10 Å². The van der Waals surface area contributed by atoms with Crippen molar-refractivity contribution < 1.29 is 5.11 Å². The van der Waals surface area contributed by atoms with Gasteiger partial charge in [0.1, 0.15) is 11.4 Å². The van der Waals surface area contributed by atoms with Crippen molar-refractivity contribution in [3.05, 3.63) is 48.8 Å². The van der Waals surface area contributed by atoms with E-state index in [4.69, 9.17) is 0 Å². The van der Waals surface area contributed by atoms with Crippen molar-refractivity contribution in [2.45, 2.75) is 0 Å². The van der Waals surface area contributed by atoms with Gasteiger partial charge < -0.3 is 10.1 Å². The molecule has 0 saturated heterocycles. The number of aromatic hydroxyl groups is 1. The van der Waals surface area contributed by atoms with Gasteiger partial charge in [-0.15, -0.1) is 0 Å². The highest BCUT2D eigenvalue weighted by Gasteiger charge is 2.17. The molecular weight excluding hydrogens is 266 g/mol. The number of imidazole rings is 1. The second-order valence-electron chi connectivity index (χ2n) is 4.64. The molecule has 4 aromatic rings. The molecule has 0 aliphatic rings. The zero-order valence-corrected chi connectivity index (χ0v) is 10.9. The van der Waals surface area contributed by atoms with Gasteiger partial charge in [0.2, 0.25) is 0 Å². The van der Waals surface area contributed by atoms with E-state index in [9.17, 15) is 5.11 Å². The van der Waals surface area contributed by atoms with Gasteiger partial charge in [-0.3, -0.25) is 10.1 Å². The zero-order valence-electron chi connectivity index (χ0n) is 10.9. The first-order chi connectivity index (χ1) is 10.3. The van der Waals surface area contributed by atoms with Crippen molar-refractivity contribution in [1.82, 2.24) is 25.1 Å². The summed E-state index contributed by atoms with van der Waals surface area (Å²) in [5.74, 6) is 0.610. The molecule has 0 spiro atoms. The summed E-state index contributed by atoms with van der Waals surface area (Å²) in [7, 11) is 0. The highest BCUT2D eigenvalue weighted by atomic mass is 16.3. The molecule has 0 unspecified atom stereocenters. The van der Waals surface area contributed by atoms with Crippen molar-refractivity contribution in [2.75, 3.05) is 0 Å². The smallest absolute Gasteiger partial charge is 0.172 e. The van der Waals surface area contributed by atoms with Crippen LogP contribution in [0.1, 0.15) is 0 Å². The van der Waals surface area contributed by atoms with Crippen molar-refractivity contribution >= 4 is 11.0 Å². The van der Waals surface area contributed by atoms with Crippen LogP contribution in [0.2, 0.25) is 0 Å². The van der Waals surface area contributed by atoms with Gasteiger partial charge in [0.25, 0.3) is 0 Å². The van der Waals surface area contributed by atoms with Crippen molar-refractivity contribution in [3.8, 4) is 28.5 Å². The zero-order chi connectivity index (χ0) is 14.2. The topological polar surface area (TPSA) is 90.5 Å². The molecule has 102 valence electrons. The monoisotopic (exact) mass is 277 g/mol. The minimum atomic E-state index is 0.0771. The lowest BCUT2D eigenvalue weighted by Gasteiger charge is -1.97. The van der Waals surface area contributed by atoms with E-state index in [1.807, 2.05) is 30.3 Å². The Morgan fingerprint density at radius 1 is 1.05 bits per heavy atom. The molecule has 0 radical (unpaired) electrons. The Bertz CT molecular complexity index is 877. The number of nitrogens with zero attached hydrogens (tertiary/aromatic N) is 3. The molecule has 0 amide bonds. The molecule has 3 heterocycles. The largest absolute Gasteiger partial charge is 0.504 e. The van der Waals surface area contributed by atoms with Crippen LogP contribution in [0, 0.1) is 0 Å². The Morgan fingerprint density at radius 3 is 2.71 bits per heavy atom. The van der Waals surface area contributed by atoms with E-state index in [1.54, 1.807) is 18.5 Å². The normalized spacial score (nSPS) is 11.0. The van der Waals surface area contributed by atoms with Crippen LogP contribution in [0.3, 0.4) is 0 Å². The first-order valence-electron chi connectivity index (χ1n) is 6.46. The fourth-order valence-corrected chi connectivity index (χ4v) is 2.27. The number of H-pyrrole nitrogens is 2. The number of benzene rings is 1. The van der Waals surface area contributed by atoms with Gasteiger partial charge >= 0.3 is 0 Å². The predicted octanol–water partition coefficient (Wildman–Crippen LogP) is 2.72. The highest BCUT2D eigenvalue weighted by molar-refractivity contribution is 5.81. The van der Waals surface area contributed by atoms with Crippen molar-refractivity contribution in [2.24, 2.45) is 0 Å². The van der Waals surface area contributed by atoms with Crippen LogP contribution in [-0.2, 0) is 0 Å². The maximum atomic E-state index is 10.4. The predicted molar refractivity (Wildman–Crippen MR) is 78.6 cm³/mol. The second kappa shape index (κ2) is 4.45. The number of pyridine rings is 1. The second-order valence-corrected chi connectivity index (χ2v) is 4.64. The molecule has 6 heteroatoms. The Hall–Kier alpha value is -3.15. The number of rotatable bonds is 2. The van der Waals surface area contributed by atoms with Crippen LogP contribution in [-0.4, -0.2) is 30.3 Å². The van der Waals surface area contributed by atoms with Gasteiger partial charge in [-0.1, -0.05) is 30.3 Å². The van der Waals surface area contributed by atoms with Crippen LogP contribution in [0.25, 0.3) is 33.8 Å². The van der Waals surface area contributed by atoms with Gasteiger partial charge in [0.15, 0.2) is 11.6 Å². The molecule has 4 rings (SSSR count). The molecule has 3 N–H and O–H groups in total. The summed E-state index contributed by atoms with van der Waals surface area (Å²) >= 11 is 0. The molecule has 6 nitrogen and oxygen atoms in total. The Kier molecular flexibility index (Phi) is 2.47. The van der Waals surface area contributed by atoms with Crippen LogP contribution in [0.5, 0.6) is 5.75 Å². The summed E-state index contributed by atoms with van der Waals surface area (Å²) in [6.07, 6.45) is 3.37. The van der Waals surface area contributed by atoms with Gasteiger partial charge in [0.05, 0.1) is 17.2 Å². The fourth-order valence-electron chi connectivity index (χ4n) is 2.27. The highest BCUT2D eigenvalue weighted by Crippen LogP contribution is 2.34. The Morgan fingerprint density at radius 2 is 1.90 bits per heavy atom. The summed E-state index contributed by atoms with van der Waals surface area (Å²) in [6, 6.07) is 11.3. The van der Waals surface area contributed by atoms with Crippen molar-refractivity contribution in [1.29, 1.82) is 0 Å². The molecule has 1 aromatic carbocycles. The Labute approximate surface area is 119 Å². The fraction of sp³-hybridized carbons (Fsp3) is 0. The average Bonchev–Trinajstić information content (AvgIpc) is 3.11. The molecule has 3 aromatic heterocycles. The lowest BCUT2D eigenvalue weighted by atomic mass is 10.1. The first kappa shape index (κ1) is 11.7. The third-order valence-corrected chi connectivity index (χ3v) is 3.31. The molecule has 0 aliphatic heterocycles. The maximum absolute atomic E-state index is 10.4. The first-order valence-corrected chi connectivity index (χ1v) is 6.46. The van der Waals surface area contributed by atoms with Gasteiger partial charge in [0, 0.05) is 11.8 Å². The third kappa shape index (κ3) is 1.85. The number of fused-ring (bicyclic) bond motifs is 1. The SMILES string of the molecule is Oc1c(-c2ccccc2)n[nH]c1-c1nc2ccncc2[nH]1. The number of nitrogens with one attached hydrogen (secondary N) is 2. The minimum absolute atomic E-state index is 0.0771. The van der Waals surface area contributed by atoms with Gasteiger partial charge in [-0.05, 0) is 6.07 Å². The minimum Gasteiger partial charge on any atom is -0.504 e. The molecule has 0 aliphatic carbocycles. The average molecular weight is 277 g/mol. The summed E-state index contributed by atoms with van der Waals surface area (Å²) in [5.41, 5.74) is 3.41. The quantitative estimate of drug-likeness (QED) is 0.525. The lowest BCUT2D eigenvalue weighted by Crippen LogP contribution is -1.80. The molecule has 0 fully saturated rings. The van der Waals surface area contributed by atoms with E-state index in [0.717, 1.165) is 16.6 Å². The molecule has 0 saturated carbocycles. The number of hydrogen-bond donors (Lipinski definition) is 3. The van der Waals surface area contributed by atoms with Crippen molar-refractivity contribution in [3.63, 3.8) is 0 Å². The van der Waals surface area contributed by atoms with E-state index >= 15 is 0 Å². The standard InChI is InChI=1S/C15H11N5O/c21-14-12(9-4-2-1-3-5-9)19-20-13(14)15-17-10-6-7-16-8-11(10)18-15/h1-8,21H,(H,17,18)(H,19,20). The van der Waals surface area contributed by atoms with E-state index < -0.39 is 0 Å². The van der Waals surface area contributed by atoms with E-state index in [1.165, 1.54) is 0 Å². The Balaban J connectivity index is 1.85. The number of aromatic amines is 2. The van der Waals surface area contributed by atoms with Crippen LogP contribution in [0.15, 0.2) is 48.8 Å². The number of hydrogen-bond acceptors (Lipinski definition) is 4. The van der Waals surface area contributed by atoms with Gasteiger partial charge in [-0.25, -0.2) is 4.98 Å². The van der Waals surface area contributed by atoms with E-state index in [-0.39, 0.29) is 5.75 Å². The summed E-state index contributed by atoms with van der Waals surface area (Å²) in [6.45, 7) is 0. The summed E-state index contributed by atoms with van der Waals surface area (Å²) in [4.78, 5) is 11.6. The maximum Gasteiger partial charge on any atom is 0.172 e. The van der Waals surface area contributed by atoms with Crippen LogP contribution in [0.4, 0.5) is 0 Å². The summed E-state index contributed by atoms with van der Waals surface area (Å²) in [5, 5.41) is 17.4. The van der Waals surface area contributed by atoms with Crippen LogP contribution < -0.4 is 0 Å². The lowest BCUT2D eigenvalue weighted by molar-refractivity contribution is 0.479.